The van der Waals surface area contributed by atoms with Crippen LogP contribution < -0.4 is 10.6 Å². The third kappa shape index (κ3) is 2.44. The van der Waals surface area contributed by atoms with Crippen molar-refractivity contribution in [3.63, 3.8) is 0 Å². The molecule has 8 heteroatoms. The molecular formula is C11H15F3N4O. The fourth-order valence-corrected chi connectivity index (χ4v) is 2.17. The lowest BCUT2D eigenvalue weighted by molar-refractivity contribution is -0.216. The maximum atomic E-state index is 13.1. The quantitative estimate of drug-likeness (QED) is 0.775. The Labute approximate surface area is 108 Å². The van der Waals surface area contributed by atoms with Crippen molar-refractivity contribution in [1.29, 1.82) is 0 Å². The van der Waals surface area contributed by atoms with Gasteiger partial charge >= 0.3 is 6.18 Å². The molecule has 19 heavy (non-hydrogen) atoms. The van der Waals surface area contributed by atoms with E-state index in [1.54, 1.807) is 6.92 Å². The monoisotopic (exact) mass is 276 g/mol. The van der Waals surface area contributed by atoms with E-state index < -0.39 is 23.5 Å². The molecule has 2 atom stereocenters. The zero-order valence-electron chi connectivity index (χ0n) is 10.3. The highest BCUT2D eigenvalue weighted by molar-refractivity contribution is 5.84. The molecule has 0 spiro atoms. The summed E-state index contributed by atoms with van der Waals surface area (Å²) in [5, 5.41) is 11.3. The van der Waals surface area contributed by atoms with Gasteiger partial charge in [-0.25, -0.2) is 0 Å². The average Bonchev–Trinajstić information content (AvgIpc) is 3.00. The summed E-state index contributed by atoms with van der Waals surface area (Å²) in [5.41, 5.74) is -1.69. The summed E-state index contributed by atoms with van der Waals surface area (Å²) >= 11 is 0. The summed E-state index contributed by atoms with van der Waals surface area (Å²) < 4.78 is 39.4. The van der Waals surface area contributed by atoms with Crippen LogP contribution in [-0.4, -0.2) is 35.4 Å². The summed E-state index contributed by atoms with van der Waals surface area (Å²) in [6.07, 6.45) is -1.78. The molecule has 2 unspecified atom stereocenters. The second kappa shape index (κ2) is 4.84. The highest BCUT2D eigenvalue weighted by atomic mass is 19.4. The van der Waals surface area contributed by atoms with Crippen LogP contribution in [0.15, 0.2) is 12.4 Å². The Morgan fingerprint density at radius 1 is 1.58 bits per heavy atom. The first-order valence-electron chi connectivity index (χ1n) is 5.94. The van der Waals surface area contributed by atoms with Gasteiger partial charge in [0.15, 0.2) is 5.41 Å². The number of halogens is 3. The number of hydrogen-bond acceptors (Lipinski definition) is 3. The maximum absolute atomic E-state index is 13.1. The molecule has 1 amide bonds. The molecular weight excluding hydrogens is 261 g/mol. The van der Waals surface area contributed by atoms with E-state index in [1.165, 1.54) is 12.4 Å². The molecule has 1 fully saturated rings. The number of nitrogens with one attached hydrogen (secondary N) is 3. The van der Waals surface area contributed by atoms with Crippen LogP contribution in [0.25, 0.3) is 0 Å². The van der Waals surface area contributed by atoms with Crippen LogP contribution in [0.4, 0.5) is 13.2 Å². The minimum Gasteiger partial charge on any atom is -0.349 e. The van der Waals surface area contributed by atoms with Gasteiger partial charge in [0.05, 0.1) is 12.2 Å². The minimum absolute atomic E-state index is 0.188. The zero-order valence-corrected chi connectivity index (χ0v) is 10.3. The fourth-order valence-electron chi connectivity index (χ4n) is 2.17. The largest absolute Gasteiger partial charge is 0.404 e. The first-order chi connectivity index (χ1) is 8.87. The number of carbonyl (C=O) groups is 1. The first kappa shape index (κ1) is 13.9. The van der Waals surface area contributed by atoms with Crippen molar-refractivity contribution >= 4 is 5.91 Å². The number of carbonyl (C=O) groups excluding carboxylic acids is 1. The molecule has 0 bridgehead atoms. The van der Waals surface area contributed by atoms with Gasteiger partial charge in [-0.1, -0.05) is 0 Å². The Kier molecular flexibility index (Phi) is 3.53. The number of rotatable bonds is 3. The Morgan fingerprint density at radius 2 is 2.32 bits per heavy atom. The third-order valence-electron chi connectivity index (χ3n) is 3.50. The molecule has 0 saturated carbocycles. The molecule has 1 aliphatic heterocycles. The van der Waals surface area contributed by atoms with Crippen LogP contribution in [0.3, 0.4) is 0 Å². The number of aromatic amines is 1. The third-order valence-corrected chi connectivity index (χ3v) is 3.50. The lowest BCUT2D eigenvalue weighted by Gasteiger charge is -2.30. The van der Waals surface area contributed by atoms with Crippen LogP contribution in [0.5, 0.6) is 0 Å². The number of H-pyrrole nitrogens is 1. The molecule has 3 N–H and O–H groups in total. The van der Waals surface area contributed by atoms with Crippen LogP contribution in [0, 0.1) is 5.41 Å². The van der Waals surface area contributed by atoms with Gasteiger partial charge in [-0.3, -0.25) is 9.89 Å². The van der Waals surface area contributed by atoms with Crippen LogP contribution in [0.1, 0.15) is 24.9 Å². The topological polar surface area (TPSA) is 69.8 Å². The molecule has 0 aromatic carbocycles. The highest BCUT2D eigenvalue weighted by Crippen LogP contribution is 2.43. The summed E-state index contributed by atoms with van der Waals surface area (Å²) in [6, 6.07) is -0.522. The zero-order chi connectivity index (χ0) is 14.1. The van der Waals surface area contributed by atoms with Gasteiger partial charge in [-0.2, -0.15) is 18.3 Å². The standard InChI is InChI=1S/C11H15F3N4O/c1-7(8-4-16-17-5-8)18-9(19)10(11(12,13)14)2-3-15-6-10/h4-5,7,15H,2-3,6H2,1H3,(H,16,17)(H,18,19). The van der Waals surface area contributed by atoms with E-state index in [1.807, 2.05) is 0 Å². The van der Waals surface area contributed by atoms with Crippen molar-refractivity contribution in [3.05, 3.63) is 18.0 Å². The second-order valence-electron chi connectivity index (χ2n) is 4.73. The molecule has 106 valence electrons. The van der Waals surface area contributed by atoms with Crippen molar-refractivity contribution in [1.82, 2.24) is 20.8 Å². The summed E-state index contributed by atoms with van der Waals surface area (Å²) in [6.45, 7) is 1.43. The number of nitrogens with zero attached hydrogens (tertiary/aromatic N) is 1. The molecule has 1 aromatic heterocycles. The van der Waals surface area contributed by atoms with Gasteiger partial charge in [0, 0.05) is 18.3 Å². The van der Waals surface area contributed by atoms with Gasteiger partial charge < -0.3 is 10.6 Å². The number of aromatic nitrogens is 2. The van der Waals surface area contributed by atoms with Crippen molar-refractivity contribution in [3.8, 4) is 0 Å². The smallest absolute Gasteiger partial charge is 0.349 e. The second-order valence-corrected chi connectivity index (χ2v) is 4.73. The van der Waals surface area contributed by atoms with Gasteiger partial charge in [0.25, 0.3) is 0 Å². The normalized spacial score (nSPS) is 25.3. The molecule has 0 aliphatic carbocycles. The predicted octanol–water partition coefficient (Wildman–Crippen LogP) is 1.13. The minimum atomic E-state index is -4.56. The maximum Gasteiger partial charge on any atom is 0.404 e. The Balaban J connectivity index is 2.13. The Bertz CT molecular complexity index is 437. The molecule has 5 nitrogen and oxygen atoms in total. The summed E-state index contributed by atoms with van der Waals surface area (Å²) in [4.78, 5) is 12.0. The molecule has 2 rings (SSSR count). The van der Waals surface area contributed by atoms with E-state index in [2.05, 4.69) is 20.8 Å². The number of hydrogen-bond donors (Lipinski definition) is 3. The van der Waals surface area contributed by atoms with E-state index >= 15 is 0 Å². The first-order valence-corrected chi connectivity index (χ1v) is 5.94. The van der Waals surface area contributed by atoms with Gasteiger partial charge in [0.2, 0.25) is 5.91 Å². The van der Waals surface area contributed by atoms with E-state index in [-0.39, 0.29) is 19.5 Å². The van der Waals surface area contributed by atoms with Crippen molar-refractivity contribution in [2.75, 3.05) is 13.1 Å². The van der Waals surface area contributed by atoms with Gasteiger partial charge in [-0.15, -0.1) is 0 Å². The Morgan fingerprint density at radius 3 is 2.79 bits per heavy atom. The van der Waals surface area contributed by atoms with Crippen molar-refractivity contribution in [2.24, 2.45) is 5.41 Å². The number of amides is 1. The van der Waals surface area contributed by atoms with E-state index in [0.717, 1.165) is 0 Å². The van der Waals surface area contributed by atoms with Crippen LogP contribution in [-0.2, 0) is 4.79 Å². The van der Waals surface area contributed by atoms with E-state index in [4.69, 9.17) is 0 Å². The van der Waals surface area contributed by atoms with E-state index in [0.29, 0.717) is 5.56 Å². The van der Waals surface area contributed by atoms with Crippen LogP contribution >= 0.6 is 0 Å². The fraction of sp³-hybridized carbons (Fsp3) is 0.636. The van der Waals surface area contributed by atoms with Gasteiger partial charge in [-0.05, 0) is 19.9 Å². The van der Waals surface area contributed by atoms with Crippen molar-refractivity contribution in [2.45, 2.75) is 25.6 Å². The van der Waals surface area contributed by atoms with Crippen molar-refractivity contribution < 1.29 is 18.0 Å². The molecule has 2 heterocycles. The van der Waals surface area contributed by atoms with Crippen LogP contribution in [0.2, 0.25) is 0 Å². The molecule has 1 aliphatic rings. The predicted molar refractivity (Wildman–Crippen MR) is 61.1 cm³/mol. The molecule has 1 aromatic rings. The summed E-state index contributed by atoms with van der Waals surface area (Å²) in [7, 11) is 0. The van der Waals surface area contributed by atoms with E-state index in [9.17, 15) is 18.0 Å². The number of alkyl halides is 3. The lowest BCUT2D eigenvalue weighted by atomic mass is 9.85. The molecule has 0 radical (unpaired) electrons. The molecule has 1 saturated heterocycles. The SMILES string of the molecule is CC(NC(=O)C1(C(F)(F)F)CCNC1)c1cn[nH]c1. The average molecular weight is 276 g/mol. The summed E-state index contributed by atoms with van der Waals surface area (Å²) in [5.74, 6) is -0.987. The highest BCUT2D eigenvalue weighted by Gasteiger charge is 2.61. The lowest BCUT2D eigenvalue weighted by Crippen LogP contribution is -2.52. The van der Waals surface area contributed by atoms with Gasteiger partial charge in [0.1, 0.15) is 0 Å². The Hall–Kier alpha value is -1.57.